The van der Waals surface area contributed by atoms with Crippen molar-refractivity contribution in [2.24, 2.45) is 5.41 Å². The first kappa shape index (κ1) is 18.1. The number of nitrogens with zero attached hydrogens (tertiary/aromatic N) is 2. The largest absolute Gasteiger partial charge is 0.316 e. The molecule has 0 amide bonds. The molecule has 0 radical (unpaired) electrons. The zero-order chi connectivity index (χ0) is 15.7. The van der Waals surface area contributed by atoms with Gasteiger partial charge in [-0.2, -0.15) is 0 Å². The fourth-order valence-electron chi connectivity index (χ4n) is 2.99. The molecule has 1 aromatic rings. The Balaban J connectivity index is 2.69. The number of nitrogens with one attached hydrogen (secondary N) is 1. The van der Waals surface area contributed by atoms with Crippen LogP contribution in [0.3, 0.4) is 0 Å². The molecule has 1 unspecified atom stereocenters. The number of aromatic nitrogens is 1. The summed E-state index contributed by atoms with van der Waals surface area (Å²) in [5.41, 5.74) is 2.62. The second-order valence-corrected chi connectivity index (χ2v) is 6.41. The Morgan fingerprint density at radius 2 is 2.00 bits per heavy atom. The first-order valence-electron chi connectivity index (χ1n) is 8.38. The van der Waals surface area contributed by atoms with Crippen molar-refractivity contribution in [3.8, 4) is 0 Å². The van der Waals surface area contributed by atoms with Crippen LogP contribution in [-0.2, 0) is 6.54 Å². The molecular weight excluding hydrogens is 258 g/mol. The van der Waals surface area contributed by atoms with Gasteiger partial charge in [-0.3, -0.25) is 9.88 Å². The zero-order valence-electron chi connectivity index (χ0n) is 14.6. The summed E-state index contributed by atoms with van der Waals surface area (Å²) >= 11 is 0. The Labute approximate surface area is 131 Å². The number of hydrogen-bond acceptors (Lipinski definition) is 3. The number of pyridine rings is 1. The lowest BCUT2D eigenvalue weighted by atomic mass is 9.84. The minimum atomic E-state index is 0.338. The van der Waals surface area contributed by atoms with Gasteiger partial charge in [0.15, 0.2) is 0 Å². The normalized spacial score (nSPS) is 14.4. The van der Waals surface area contributed by atoms with Crippen LogP contribution in [0.4, 0.5) is 0 Å². The fraction of sp³-hybridized carbons (Fsp3) is 0.722. The van der Waals surface area contributed by atoms with E-state index in [-0.39, 0.29) is 0 Å². The summed E-state index contributed by atoms with van der Waals surface area (Å²) in [4.78, 5) is 7.16. The minimum Gasteiger partial charge on any atom is -0.316 e. The maximum atomic E-state index is 4.64. The highest BCUT2D eigenvalue weighted by atomic mass is 15.1. The molecule has 0 saturated heterocycles. The van der Waals surface area contributed by atoms with Gasteiger partial charge in [0.25, 0.3) is 0 Å². The predicted octanol–water partition coefficient (Wildman–Crippen LogP) is 3.63. The minimum absolute atomic E-state index is 0.338. The van der Waals surface area contributed by atoms with E-state index in [0.29, 0.717) is 5.41 Å². The fourth-order valence-corrected chi connectivity index (χ4v) is 2.99. The van der Waals surface area contributed by atoms with Crippen LogP contribution in [0.2, 0.25) is 0 Å². The summed E-state index contributed by atoms with van der Waals surface area (Å²) in [7, 11) is 0. The molecule has 1 atom stereocenters. The molecule has 1 aromatic heterocycles. The second kappa shape index (κ2) is 9.16. The van der Waals surface area contributed by atoms with E-state index >= 15 is 0 Å². The Morgan fingerprint density at radius 3 is 2.57 bits per heavy atom. The van der Waals surface area contributed by atoms with E-state index in [2.05, 4.69) is 68.0 Å². The summed E-state index contributed by atoms with van der Waals surface area (Å²) in [5, 5.41) is 3.53. The monoisotopic (exact) mass is 291 g/mol. The van der Waals surface area contributed by atoms with Gasteiger partial charge in [-0.25, -0.2) is 0 Å². The molecule has 0 fully saturated rings. The molecule has 0 aromatic carbocycles. The summed E-state index contributed by atoms with van der Waals surface area (Å²) in [6.45, 7) is 16.5. The van der Waals surface area contributed by atoms with Crippen molar-refractivity contribution >= 4 is 0 Å². The van der Waals surface area contributed by atoms with Crippen LogP contribution in [0.5, 0.6) is 0 Å². The molecule has 21 heavy (non-hydrogen) atoms. The molecule has 120 valence electrons. The van der Waals surface area contributed by atoms with Gasteiger partial charge in [-0.05, 0) is 44.0 Å². The van der Waals surface area contributed by atoms with Crippen molar-refractivity contribution in [1.82, 2.24) is 15.2 Å². The molecule has 1 N–H and O–H groups in total. The summed E-state index contributed by atoms with van der Waals surface area (Å²) in [6, 6.07) is 6.30. The maximum absolute atomic E-state index is 4.64. The van der Waals surface area contributed by atoms with Crippen molar-refractivity contribution in [2.45, 2.75) is 54.0 Å². The van der Waals surface area contributed by atoms with E-state index in [1.807, 2.05) is 0 Å². The van der Waals surface area contributed by atoms with E-state index in [0.717, 1.165) is 38.4 Å². The molecule has 0 bridgehead atoms. The highest BCUT2D eigenvalue weighted by Crippen LogP contribution is 2.24. The van der Waals surface area contributed by atoms with E-state index < -0.39 is 0 Å². The molecule has 3 nitrogen and oxygen atoms in total. The molecule has 0 aliphatic carbocycles. The Hall–Kier alpha value is -0.930. The average Bonchev–Trinajstić information content (AvgIpc) is 2.45. The van der Waals surface area contributed by atoms with Gasteiger partial charge in [-0.1, -0.05) is 40.2 Å². The molecule has 3 heteroatoms. The Kier molecular flexibility index (Phi) is 7.91. The number of hydrogen-bond donors (Lipinski definition) is 1. The Morgan fingerprint density at radius 1 is 1.24 bits per heavy atom. The third kappa shape index (κ3) is 6.58. The topological polar surface area (TPSA) is 28.2 Å². The highest BCUT2D eigenvalue weighted by Gasteiger charge is 2.25. The smallest absolute Gasteiger partial charge is 0.0547 e. The standard InChI is InChI=1S/C18H33N3/c1-6-12-18(5,14-19-7-2)15-21(8-3)13-17-11-9-10-16(4)20-17/h9-11,19H,6-8,12-15H2,1-5H3. The van der Waals surface area contributed by atoms with Gasteiger partial charge in [0, 0.05) is 25.3 Å². The van der Waals surface area contributed by atoms with Crippen molar-refractivity contribution in [1.29, 1.82) is 0 Å². The van der Waals surface area contributed by atoms with Gasteiger partial charge in [0.2, 0.25) is 0 Å². The van der Waals surface area contributed by atoms with Crippen LogP contribution in [0.25, 0.3) is 0 Å². The maximum Gasteiger partial charge on any atom is 0.0547 e. The average molecular weight is 291 g/mol. The van der Waals surface area contributed by atoms with Crippen LogP contribution in [0, 0.1) is 12.3 Å². The van der Waals surface area contributed by atoms with Gasteiger partial charge < -0.3 is 5.32 Å². The van der Waals surface area contributed by atoms with Gasteiger partial charge in [-0.15, -0.1) is 0 Å². The van der Waals surface area contributed by atoms with Crippen LogP contribution in [0.15, 0.2) is 18.2 Å². The van der Waals surface area contributed by atoms with E-state index in [9.17, 15) is 0 Å². The van der Waals surface area contributed by atoms with Crippen molar-refractivity contribution in [3.05, 3.63) is 29.6 Å². The summed E-state index contributed by atoms with van der Waals surface area (Å²) < 4.78 is 0. The van der Waals surface area contributed by atoms with Crippen LogP contribution < -0.4 is 5.32 Å². The first-order valence-corrected chi connectivity index (χ1v) is 8.38. The Bertz CT molecular complexity index is 405. The predicted molar refractivity (Wildman–Crippen MR) is 91.5 cm³/mol. The molecule has 0 saturated carbocycles. The van der Waals surface area contributed by atoms with Crippen LogP contribution >= 0.6 is 0 Å². The lowest BCUT2D eigenvalue weighted by Crippen LogP contribution is -2.42. The van der Waals surface area contributed by atoms with Gasteiger partial charge in [0.05, 0.1) is 5.69 Å². The van der Waals surface area contributed by atoms with Crippen LogP contribution in [-0.4, -0.2) is 36.1 Å². The molecular formula is C18H33N3. The molecule has 0 aliphatic heterocycles. The van der Waals surface area contributed by atoms with Gasteiger partial charge >= 0.3 is 0 Å². The highest BCUT2D eigenvalue weighted by molar-refractivity contribution is 5.09. The van der Waals surface area contributed by atoms with Crippen molar-refractivity contribution in [3.63, 3.8) is 0 Å². The third-order valence-corrected chi connectivity index (χ3v) is 4.04. The van der Waals surface area contributed by atoms with E-state index in [1.54, 1.807) is 0 Å². The van der Waals surface area contributed by atoms with Crippen molar-refractivity contribution in [2.75, 3.05) is 26.2 Å². The second-order valence-electron chi connectivity index (χ2n) is 6.41. The lowest BCUT2D eigenvalue weighted by Gasteiger charge is -2.35. The van der Waals surface area contributed by atoms with Gasteiger partial charge in [0.1, 0.15) is 0 Å². The quantitative estimate of drug-likeness (QED) is 0.713. The third-order valence-electron chi connectivity index (χ3n) is 4.04. The van der Waals surface area contributed by atoms with E-state index in [4.69, 9.17) is 0 Å². The molecule has 1 heterocycles. The first-order chi connectivity index (χ1) is 10.0. The lowest BCUT2D eigenvalue weighted by molar-refractivity contribution is 0.148. The number of aryl methyl sites for hydroxylation is 1. The van der Waals surface area contributed by atoms with E-state index in [1.165, 1.54) is 18.5 Å². The number of rotatable bonds is 10. The van der Waals surface area contributed by atoms with Crippen LogP contribution in [0.1, 0.15) is 51.9 Å². The van der Waals surface area contributed by atoms with Crippen molar-refractivity contribution < 1.29 is 0 Å². The molecule has 0 spiro atoms. The molecule has 1 rings (SSSR count). The molecule has 0 aliphatic rings. The summed E-state index contributed by atoms with van der Waals surface area (Å²) in [5.74, 6) is 0. The summed E-state index contributed by atoms with van der Waals surface area (Å²) in [6.07, 6.45) is 2.50. The zero-order valence-corrected chi connectivity index (χ0v) is 14.6. The SMILES string of the molecule is CCCC(C)(CNCC)CN(CC)Cc1cccc(C)n1.